The molecule has 1 heterocycles. The van der Waals surface area contributed by atoms with Crippen molar-refractivity contribution in [2.45, 2.75) is 44.6 Å². The van der Waals surface area contributed by atoms with Crippen molar-refractivity contribution in [3.05, 3.63) is 27.8 Å². The van der Waals surface area contributed by atoms with Crippen LogP contribution in [-0.4, -0.2) is 30.0 Å². The third-order valence-corrected chi connectivity index (χ3v) is 5.39. The molecule has 3 nitrogen and oxygen atoms in total. The minimum atomic E-state index is 0.158. The summed E-state index contributed by atoms with van der Waals surface area (Å²) in [4.78, 5) is 14.6. The lowest BCUT2D eigenvalue weighted by Gasteiger charge is -2.44. The molecule has 2 aliphatic rings. The number of rotatable bonds is 3. The number of amides is 1. The van der Waals surface area contributed by atoms with Crippen molar-refractivity contribution in [3.8, 4) is 5.75 Å². The average molecular weight is 399 g/mol. The molecule has 4 heteroatoms. The van der Waals surface area contributed by atoms with Crippen LogP contribution in [0, 0.1) is 9.49 Å². The molecule has 114 valence electrons. The van der Waals surface area contributed by atoms with E-state index in [1.165, 1.54) is 32.1 Å². The zero-order chi connectivity index (χ0) is 14.7. The van der Waals surface area contributed by atoms with Crippen LogP contribution in [0.5, 0.6) is 5.75 Å². The molecule has 1 aromatic carbocycles. The molecule has 2 unspecified atom stereocenters. The summed E-state index contributed by atoms with van der Waals surface area (Å²) in [5, 5.41) is 0. The predicted octanol–water partition coefficient (Wildman–Crippen LogP) is 3.85. The van der Waals surface area contributed by atoms with E-state index in [4.69, 9.17) is 4.74 Å². The Morgan fingerprint density at radius 3 is 2.90 bits per heavy atom. The van der Waals surface area contributed by atoms with Crippen molar-refractivity contribution in [1.82, 2.24) is 4.90 Å². The van der Waals surface area contributed by atoms with Crippen LogP contribution in [0.4, 0.5) is 0 Å². The van der Waals surface area contributed by atoms with Gasteiger partial charge in [0.15, 0.2) is 6.61 Å². The van der Waals surface area contributed by atoms with Crippen LogP contribution < -0.4 is 4.74 Å². The summed E-state index contributed by atoms with van der Waals surface area (Å²) < 4.78 is 6.81. The van der Waals surface area contributed by atoms with E-state index < -0.39 is 0 Å². The maximum Gasteiger partial charge on any atom is 0.260 e. The molecule has 1 aliphatic carbocycles. The van der Waals surface area contributed by atoms with Crippen LogP contribution in [0.3, 0.4) is 0 Å². The number of fused-ring (bicyclic) bond motifs is 1. The van der Waals surface area contributed by atoms with Crippen molar-refractivity contribution < 1.29 is 9.53 Å². The lowest BCUT2D eigenvalue weighted by Crippen LogP contribution is -2.51. The van der Waals surface area contributed by atoms with Gasteiger partial charge in [0, 0.05) is 16.2 Å². The molecule has 0 bridgehead atoms. The Hall–Kier alpha value is -0.780. The molecule has 3 rings (SSSR count). The maximum atomic E-state index is 12.5. The molecule has 0 N–H and O–H groups in total. The molecule has 0 aromatic heterocycles. The fourth-order valence-electron chi connectivity index (χ4n) is 3.72. The summed E-state index contributed by atoms with van der Waals surface area (Å²) in [6, 6.07) is 8.33. The molecule has 0 radical (unpaired) electrons. The van der Waals surface area contributed by atoms with Crippen molar-refractivity contribution in [2.24, 2.45) is 5.92 Å². The number of likely N-dealkylation sites (tertiary alicyclic amines) is 1. The van der Waals surface area contributed by atoms with Crippen LogP contribution >= 0.6 is 22.6 Å². The number of piperidine rings is 1. The number of halogens is 1. The van der Waals surface area contributed by atoms with Crippen LogP contribution in [0.15, 0.2) is 24.3 Å². The van der Waals surface area contributed by atoms with Gasteiger partial charge in [-0.15, -0.1) is 0 Å². The monoisotopic (exact) mass is 399 g/mol. The Balaban J connectivity index is 1.59. The third kappa shape index (κ3) is 3.71. The molecule has 1 aliphatic heterocycles. The van der Waals surface area contributed by atoms with Crippen LogP contribution in [-0.2, 0) is 4.79 Å². The molecule has 0 spiro atoms. The van der Waals surface area contributed by atoms with Gasteiger partial charge in [0.2, 0.25) is 0 Å². The second-order valence-electron chi connectivity index (χ2n) is 6.09. The Morgan fingerprint density at radius 1 is 1.24 bits per heavy atom. The minimum absolute atomic E-state index is 0.158. The largest absolute Gasteiger partial charge is 0.484 e. The van der Waals surface area contributed by atoms with Gasteiger partial charge >= 0.3 is 0 Å². The molecule has 2 atom stereocenters. The van der Waals surface area contributed by atoms with E-state index in [0.29, 0.717) is 6.04 Å². The van der Waals surface area contributed by atoms with Crippen molar-refractivity contribution in [2.75, 3.05) is 13.2 Å². The summed E-state index contributed by atoms with van der Waals surface area (Å²) in [6.07, 6.45) is 7.53. The van der Waals surface area contributed by atoms with E-state index in [1.54, 1.807) is 0 Å². The maximum absolute atomic E-state index is 12.5. The third-order valence-electron chi connectivity index (χ3n) is 4.72. The number of benzene rings is 1. The smallest absolute Gasteiger partial charge is 0.260 e. The fraction of sp³-hybridized carbons (Fsp3) is 0.588. The minimum Gasteiger partial charge on any atom is -0.484 e. The van der Waals surface area contributed by atoms with Gasteiger partial charge in [0.1, 0.15) is 5.75 Å². The van der Waals surface area contributed by atoms with Crippen molar-refractivity contribution in [3.63, 3.8) is 0 Å². The SMILES string of the molecule is O=C(COc1cccc(I)c1)N1CCCC2CCCCC21. The number of ether oxygens (including phenoxy) is 1. The molecule has 2 fully saturated rings. The van der Waals surface area contributed by atoms with Gasteiger partial charge < -0.3 is 9.64 Å². The molecule has 1 amide bonds. The predicted molar refractivity (Wildman–Crippen MR) is 91.3 cm³/mol. The first-order valence-electron chi connectivity index (χ1n) is 7.92. The van der Waals surface area contributed by atoms with Crippen LogP contribution in [0.2, 0.25) is 0 Å². The summed E-state index contributed by atoms with van der Waals surface area (Å²) in [5.41, 5.74) is 0. The van der Waals surface area contributed by atoms with E-state index in [1.807, 2.05) is 24.3 Å². The summed E-state index contributed by atoms with van der Waals surface area (Å²) in [7, 11) is 0. The normalized spacial score (nSPS) is 25.3. The fourth-order valence-corrected chi connectivity index (χ4v) is 4.23. The zero-order valence-electron chi connectivity index (χ0n) is 12.3. The number of hydrogen-bond donors (Lipinski definition) is 0. The first kappa shape index (κ1) is 15.1. The summed E-state index contributed by atoms with van der Waals surface area (Å²) in [5.74, 6) is 1.67. The van der Waals surface area contributed by atoms with E-state index >= 15 is 0 Å². The zero-order valence-corrected chi connectivity index (χ0v) is 14.4. The quantitative estimate of drug-likeness (QED) is 0.723. The van der Waals surface area contributed by atoms with Crippen LogP contribution in [0.1, 0.15) is 38.5 Å². The highest BCUT2D eigenvalue weighted by Crippen LogP contribution is 2.35. The first-order chi connectivity index (χ1) is 10.2. The Morgan fingerprint density at radius 2 is 2.05 bits per heavy atom. The molecule has 21 heavy (non-hydrogen) atoms. The highest BCUT2D eigenvalue weighted by Gasteiger charge is 2.35. The van der Waals surface area contributed by atoms with Crippen LogP contribution in [0.25, 0.3) is 0 Å². The molecular formula is C17H22INO2. The second-order valence-corrected chi connectivity index (χ2v) is 7.33. The van der Waals surface area contributed by atoms with Gasteiger partial charge in [-0.1, -0.05) is 18.9 Å². The number of nitrogens with zero attached hydrogens (tertiary/aromatic N) is 1. The van der Waals surface area contributed by atoms with E-state index in [2.05, 4.69) is 27.5 Å². The topological polar surface area (TPSA) is 29.5 Å². The first-order valence-corrected chi connectivity index (χ1v) is 9.00. The van der Waals surface area contributed by atoms with Gasteiger partial charge in [-0.3, -0.25) is 4.79 Å². The molecular weight excluding hydrogens is 377 g/mol. The van der Waals surface area contributed by atoms with E-state index in [9.17, 15) is 4.79 Å². The standard InChI is InChI=1S/C17H22INO2/c18-14-7-3-8-15(11-14)21-12-17(20)19-10-4-6-13-5-1-2-9-16(13)19/h3,7-8,11,13,16H,1-2,4-6,9-10,12H2. The van der Waals surface area contributed by atoms with Gasteiger partial charge in [-0.2, -0.15) is 0 Å². The number of carbonyl (C=O) groups is 1. The van der Waals surface area contributed by atoms with Gasteiger partial charge in [-0.25, -0.2) is 0 Å². The Kier molecular flexibility index (Phi) is 5.03. The van der Waals surface area contributed by atoms with Gasteiger partial charge in [0.25, 0.3) is 5.91 Å². The van der Waals surface area contributed by atoms with E-state index in [0.717, 1.165) is 28.2 Å². The molecule has 1 aromatic rings. The summed E-state index contributed by atoms with van der Waals surface area (Å²) in [6.45, 7) is 1.08. The Labute approximate surface area is 140 Å². The lowest BCUT2D eigenvalue weighted by atomic mass is 9.78. The van der Waals surface area contributed by atoms with Gasteiger partial charge in [0.05, 0.1) is 0 Å². The second kappa shape index (κ2) is 6.99. The average Bonchev–Trinajstić information content (AvgIpc) is 2.52. The van der Waals surface area contributed by atoms with Crippen molar-refractivity contribution in [1.29, 1.82) is 0 Å². The number of carbonyl (C=O) groups excluding carboxylic acids is 1. The van der Waals surface area contributed by atoms with Gasteiger partial charge in [-0.05, 0) is 72.4 Å². The van der Waals surface area contributed by atoms with E-state index in [-0.39, 0.29) is 12.5 Å². The highest BCUT2D eigenvalue weighted by atomic mass is 127. The summed E-state index contributed by atoms with van der Waals surface area (Å²) >= 11 is 2.25. The molecule has 1 saturated carbocycles. The van der Waals surface area contributed by atoms with Crippen molar-refractivity contribution >= 4 is 28.5 Å². The lowest BCUT2D eigenvalue weighted by molar-refractivity contribution is -0.139. The Bertz CT molecular complexity index is 503. The molecule has 1 saturated heterocycles. The highest BCUT2D eigenvalue weighted by molar-refractivity contribution is 14.1. The number of hydrogen-bond acceptors (Lipinski definition) is 2.